The van der Waals surface area contributed by atoms with Gasteiger partial charge in [-0.25, -0.2) is 0 Å². The molecule has 9 heteroatoms. The molecule has 0 N–H and O–H groups in total. The number of nitrogens with zero attached hydrogens (tertiary/aromatic N) is 1. The first-order chi connectivity index (χ1) is 16.4. The van der Waals surface area contributed by atoms with Crippen molar-refractivity contribution in [2.75, 3.05) is 13.2 Å². The minimum absolute atomic E-state index is 0.117. The summed E-state index contributed by atoms with van der Waals surface area (Å²) < 4.78 is 12.4. The smallest absolute Gasteiger partial charge is 0.293 e. The number of amides is 2. The van der Waals surface area contributed by atoms with Gasteiger partial charge in [0.25, 0.3) is 11.1 Å². The number of hydrogen-bond donors (Lipinski definition) is 0. The molecule has 3 aromatic carbocycles. The van der Waals surface area contributed by atoms with Crippen molar-refractivity contribution < 1.29 is 19.1 Å². The van der Waals surface area contributed by atoms with Crippen LogP contribution in [-0.2, 0) is 11.4 Å². The van der Waals surface area contributed by atoms with Gasteiger partial charge in [0, 0.05) is 15.1 Å². The van der Waals surface area contributed by atoms with Gasteiger partial charge in [0.1, 0.15) is 24.7 Å². The van der Waals surface area contributed by atoms with Crippen LogP contribution in [0.4, 0.5) is 4.79 Å². The van der Waals surface area contributed by atoms with Crippen LogP contribution in [-0.4, -0.2) is 29.2 Å². The third-order valence-electron chi connectivity index (χ3n) is 4.85. The summed E-state index contributed by atoms with van der Waals surface area (Å²) in [6.45, 7) is 0.591. The number of para-hydroxylation sites is 1. The van der Waals surface area contributed by atoms with Crippen molar-refractivity contribution in [2.24, 2.45) is 0 Å². The Morgan fingerprint density at radius 3 is 2.47 bits per heavy atom. The van der Waals surface area contributed by atoms with Gasteiger partial charge in [-0.3, -0.25) is 14.5 Å². The Morgan fingerprint density at radius 1 is 0.941 bits per heavy atom. The molecule has 0 spiro atoms. The van der Waals surface area contributed by atoms with E-state index >= 15 is 0 Å². The maximum atomic E-state index is 12.9. The van der Waals surface area contributed by atoms with Gasteiger partial charge in [-0.1, -0.05) is 63.4 Å². The number of carbonyl (C=O) groups is 2. The van der Waals surface area contributed by atoms with Crippen LogP contribution in [0.1, 0.15) is 11.1 Å². The highest BCUT2D eigenvalue weighted by molar-refractivity contribution is 9.10. The highest BCUT2D eigenvalue weighted by atomic mass is 79.9. The highest BCUT2D eigenvalue weighted by Gasteiger charge is 2.35. The van der Waals surface area contributed by atoms with Crippen LogP contribution < -0.4 is 9.47 Å². The minimum atomic E-state index is -0.374. The molecule has 34 heavy (non-hydrogen) atoms. The fourth-order valence-electron chi connectivity index (χ4n) is 3.15. The molecule has 0 bridgehead atoms. The lowest BCUT2D eigenvalue weighted by Gasteiger charge is -2.14. The highest BCUT2D eigenvalue weighted by Crippen LogP contribution is 2.35. The summed E-state index contributed by atoms with van der Waals surface area (Å²) in [6, 6.07) is 19.9. The Labute approximate surface area is 219 Å². The molecule has 0 aliphatic carbocycles. The van der Waals surface area contributed by atoms with E-state index in [1.54, 1.807) is 42.5 Å². The van der Waals surface area contributed by atoms with E-state index in [2.05, 4.69) is 15.9 Å². The summed E-state index contributed by atoms with van der Waals surface area (Å²) in [7, 11) is 0. The van der Waals surface area contributed by atoms with E-state index in [-0.39, 0.29) is 24.3 Å². The number of imide groups is 1. The maximum absolute atomic E-state index is 12.9. The second-order valence-electron chi connectivity index (χ2n) is 7.21. The average molecular weight is 579 g/mol. The number of halogens is 3. The average Bonchev–Trinajstić information content (AvgIpc) is 3.08. The lowest BCUT2D eigenvalue weighted by molar-refractivity contribution is -0.123. The Kier molecular flexibility index (Phi) is 8.21. The minimum Gasteiger partial charge on any atom is -0.490 e. The summed E-state index contributed by atoms with van der Waals surface area (Å²) in [6.07, 6.45) is 1.67. The molecule has 1 aliphatic rings. The quantitative estimate of drug-likeness (QED) is 0.260. The zero-order chi connectivity index (χ0) is 24.1. The Morgan fingerprint density at radius 2 is 1.71 bits per heavy atom. The molecule has 0 unspecified atom stereocenters. The van der Waals surface area contributed by atoms with Gasteiger partial charge in [0.2, 0.25) is 0 Å². The molecule has 3 aromatic rings. The van der Waals surface area contributed by atoms with Gasteiger partial charge < -0.3 is 9.47 Å². The van der Waals surface area contributed by atoms with Crippen LogP contribution in [0.25, 0.3) is 6.08 Å². The molecule has 1 heterocycles. The van der Waals surface area contributed by atoms with Gasteiger partial charge in [-0.2, -0.15) is 0 Å². The predicted octanol–water partition coefficient (Wildman–Crippen LogP) is 7.45. The van der Waals surface area contributed by atoms with Crippen molar-refractivity contribution in [1.29, 1.82) is 0 Å². The molecular formula is C25H18BrCl2NO4S. The molecular weight excluding hydrogens is 561 g/mol. The van der Waals surface area contributed by atoms with Gasteiger partial charge in [0.05, 0.1) is 16.5 Å². The van der Waals surface area contributed by atoms with Crippen molar-refractivity contribution in [3.05, 3.63) is 97.3 Å². The molecule has 0 aromatic heterocycles. The third kappa shape index (κ3) is 6.16. The van der Waals surface area contributed by atoms with Gasteiger partial charge in [-0.15, -0.1) is 0 Å². The monoisotopic (exact) mass is 577 g/mol. The lowest BCUT2D eigenvalue weighted by Crippen LogP contribution is -2.32. The Balaban J connectivity index is 1.45. The molecule has 4 rings (SSSR count). The normalized spacial score (nSPS) is 14.7. The van der Waals surface area contributed by atoms with Crippen molar-refractivity contribution in [1.82, 2.24) is 4.90 Å². The molecule has 174 valence electrons. The summed E-state index contributed by atoms with van der Waals surface area (Å²) in [5, 5.41) is 0.774. The summed E-state index contributed by atoms with van der Waals surface area (Å²) in [4.78, 5) is 26.9. The first-order valence-electron chi connectivity index (χ1n) is 10.2. The SMILES string of the molecule is O=C1S/C(=C\c2cc(Br)ccc2OCc2ccc(Cl)cc2)C(=O)N1CCOc1ccccc1Cl. The zero-order valence-electron chi connectivity index (χ0n) is 17.7. The van der Waals surface area contributed by atoms with E-state index < -0.39 is 0 Å². The summed E-state index contributed by atoms with van der Waals surface area (Å²) in [5.74, 6) is 0.719. The third-order valence-corrected chi connectivity index (χ3v) is 6.81. The number of benzene rings is 3. The molecule has 0 radical (unpaired) electrons. The van der Waals surface area contributed by atoms with Crippen LogP contribution in [0.5, 0.6) is 11.5 Å². The van der Waals surface area contributed by atoms with Crippen molar-refractivity contribution in [3.63, 3.8) is 0 Å². The Hall–Kier alpha value is -2.45. The van der Waals surface area contributed by atoms with Crippen LogP contribution in [0.2, 0.25) is 10.0 Å². The van der Waals surface area contributed by atoms with E-state index in [1.165, 1.54) is 4.90 Å². The standard InChI is InChI=1S/C25H18BrCl2NO4S/c26-18-7-10-21(33-15-16-5-8-19(27)9-6-16)17(13-18)14-23-24(30)29(25(31)34-23)11-12-32-22-4-2-1-3-20(22)28/h1-10,13-14H,11-12,15H2/b23-14-. The van der Waals surface area contributed by atoms with E-state index in [9.17, 15) is 9.59 Å². The van der Waals surface area contributed by atoms with E-state index in [4.69, 9.17) is 32.7 Å². The van der Waals surface area contributed by atoms with E-state index in [0.717, 1.165) is 21.8 Å². The van der Waals surface area contributed by atoms with Gasteiger partial charge in [-0.05, 0) is 65.9 Å². The van der Waals surface area contributed by atoms with Crippen LogP contribution in [0, 0.1) is 0 Å². The lowest BCUT2D eigenvalue weighted by atomic mass is 10.1. The van der Waals surface area contributed by atoms with Crippen molar-refractivity contribution in [3.8, 4) is 11.5 Å². The molecule has 1 fully saturated rings. The molecule has 0 saturated carbocycles. The summed E-state index contributed by atoms with van der Waals surface area (Å²) in [5.41, 5.74) is 1.64. The Bertz CT molecular complexity index is 1250. The number of ether oxygens (including phenoxy) is 2. The van der Waals surface area contributed by atoms with E-state index in [1.807, 2.05) is 30.3 Å². The molecule has 1 aliphatic heterocycles. The van der Waals surface area contributed by atoms with Gasteiger partial charge >= 0.3 is 0 Å². The van der Waals surface area contributed by atoms with Gasteiger partial charge in [0.15, 0.2) is 0 Å². The fraction of sp³-hybridized carbons (Fsp3) is 0.120. The van der Waals surface area contributed by atoms with Crippen LogP contribution in [0.3, 0.4) is 0 Å². The second-order valence-corrected chi connectivity index (χ2v) is 9.96. The molecule has 0 atom stereocenters. The number of rotatable bonds is 8. The number of carbonyl (C=O) groups excluding carboxylic acids is 2. The van der Waals surface area contributed by atoms with E-state index in [0.29, 0.717) is 38.6 Å². The largest absolute Gasteiger partial charge is 0.490 e. The molecule has 5 nitrogen and oxygen atoms in total. The predicted molar refractivity (Wildman–Crippen MR) is 140 cm³/mol. The number of hydrogen-bond acceptors (Lipinski definition) is 5. The second kappa shape index (κ2) is 11.3. The molecule has 2 amide bonds. The van der Waals surface area contributed by atoms with Crippen molar-refractivity contribution in [2.45, 2.75) is 6.61 Å². The topological polar surface area (TPSA) is 55.8 Å². The summed E-state index contributed by atoms with van der Waals surface area (Å²) >= 11 is 16.4. The fourth-order valence-corrected chi connectivity index (χ4v) is 4.70. The first-order valence-corrected chi connectivity index (χ1v) is 12.6. The number of thioether (sulfide) groups is 1. The first kappa shape index (κ1) is 24.7. The van der Waals surface area contributed by atoms with Crippen LogP contribution >= 0.6 is 50.9 Å². The van der Waals surface area contributed by atoms with Crippen LogP contribution in [0.15, 0.2) is 76.1 Å². The van der Waals surface area contributed by atoms with Crippen molar-refractivity contribution >= 4 is 68.1 Å². The zero-order valence-corrected chi connectivity index (χ0v) is 21.6. The maximum Gasteiger partial charge on any atom is 0.293 e. The molecule has 1 saturated heterocycles.